The van der Waals surface area contributed by atoms with E-state index in [9.17, 15) is 9.59 Å². The standard InChI is InChI=1S/C25H26N2O2S/c1-18-10-14-21(15-11-18)24(28)27-23(17-22-9-6-16-30-22)25(29)26-19(2)12-13-20-7-4-3-5-8-20/h3-11,14-17,19H,12-13H2,1-2H3,(H,26,29)(H,27,28)/b23-17-. The third kappa shape index (κ3) is 6.42. The molecule has 154 valence electrons. The fourth-order valence-corrected chi connectivity index (χ4v) is 3.63. The zero-order valence-electron chi connectivity index (χ0n) is 17.2. The first kappa shape index (κ1) is 21.5. The fourth-order valence-electron chi connectivity index (χ4n) is 2.98. The van der Waals surface area contributed by atoms with Gasteiger partial charge in [0.1, 0.15) is 5.70 Å². The molecule has 3 aromatic rings. The molecule has 5 heteroatoms. The van der Waals surface area contributed by atoms with E-state index in [2.05, 4.69) is 22.8 Å². The van der Waals surface area contributed by atoms with Crippen molar-refractivity contribution in [1.29, 1.82) is 0 Å². The van der Waals surface area contributed by atoms with Crippen LogP contribution in [-0.2, 0) is 11.2 Å². The minimum Gasteiger partial charge on any atom is -0.348 e. The van der Waals surface area contributed by atoms with Gasteiger partial charge in [0.25, 0.3) is 11.8 Å². The minimum absolute atomic E-state index is 0.0271. The van der Waals surface area contributed by atoms with Crippen LogP contribution >= 0.6 is 11.3 Å². The van der Waals surface area contributed by atoms with Gasteiger partial charge in [0.2, 0.25) is 0 Å². The van der Waals surface area contributed by atoms with Gasteiger partial charge in [0.05, 0.1) is 0 Å². The molecule has 0 aliphatic heterocycles. The molecule has 4 nitrogen and oxygen atoms in total. The number of thiophene rings is 1. The van der Waals surface area contributed by atoms with Crippen molar-refractivity contribution in [2.75, 3.05) is 0 Å². The third-order valence-corrected chi connectivity index (χ3v) is 5.54. The van der Waals surface area contributed by atoms with Crippen LogP contribution in [0.15, 0.2) is 77.8 Å². The highest BCUT2D eigenvalue weighted by Crippen LogP contribution is 2.14. The highest BCUT2D eigenvalue weighted by molar-refractivity contribution is 7.10. The molecule has 1 atom stereocenters. The predicted octanol–water partition coefficient (Wildman–Crippen LogP) is 4.96. The molecule has 0 saturated heterocycles. The Kier molecular flexibility index (Phi) is 7.57. The van der Waals surface area contributed by atoms with Crippen LogP contribution in [0, 0.1) is 6.92 Å². The van der Waals surface area contributed by atoms with Gasteiger partial charge in [-0.2, -0.15) is 0 Å². The van der Waals surface area contributed by atoms with E-state index in [1.165, 1.54) is 16.9 Å². The maximum absolute atomic E-state index is 12.9. The van der Waals surface area contributed by atoms with E-state index < -0.39 is 0 Å². The average molecular weight is 419 g/mol. The van der Waals surface area contributed by atoms with Gasteiger partial charge in [-0.3, -0.25) is 9.59 Å². The van der Waals surface area contributed by atoms with Crippen LogP contribution in [-0.4, -0.2) is 17.9 Å². The van der Waals surface area contributed by atoms with Crippen LogP contribution in [0.3, 0.4) is 0 Å². The van der Waals surface area contributed by atoms with Crippen LogP contribution in [0.25, 0.3) is 6.08 Å². The zero-order valence-corrected chi connectivity index (χ0v) is 18.0. The molecular formula is C25H26N2O2S. The Balaban J connectivity index is 1.67. The molecule has 0 aliphatic carbocycles. The lowest BCUT2D eigenvalue weighted by Gasteiger charge is -2.16. The minimum atomic E-state index is -0.301. The van der Waals surface area contributed by atoms with Gasteiger partial charge in [-0.1, -0.05) is 54.1 Å². The lowest BCUT2D eigenvalue weighted by molar-refractivity contribution is -0.118. The summed E-state index contributed by atoms with van der Waals surface area (Å²) < 4.78 is 0. The first-order chi connectivity index (χ1) is 14.5. The van der Waals surface area contributed by atoms with Crippen molar-refractivity contribution in [3.8, 4) is 0 Å². The van der Waals surface area contributed by atoms with Crippen molar-refractivity contribution in [3.63, 3.8) is 0 Å². The number of hydrogen-bond donors (Lipinski definition) is 2. The molecule has 3 rings (SSSR count). The number of hydrogen-bond acceptors (Lipinski definition) is 3. The number of aryl methyl sites for hydroxylation is 2. The Morgan fingerprint density at radius 2 is 1.73 bits per heavy atom. The summed E-state index contributed by atoms with van der Waals surface area (Å²) in [6, 6.07) is 21.3. The molecule has 0 radical (unpaired) electrons. The van der Waals surface area contributed by atoms with Gasteiger partial charge in [-0.05, 0) is 61.9 Å². The van der Waals surface area contributed by atoms with Crippen LogP contribution in [0.1, 0.15) is 39.7 Å². The topological polar surface area (TPSA) is 58.2 Å². The molecule has 0 fully saturated rings. The molecule has 2 aromatic carbocycles. The van der Waals surface area contributed by atoms with Gasteiger partial charge in [-0.25, -0.2) is 0 Å². The van der Waals surface area contributed by atoms with E-state index in [1.54, 1.807) is 18.2 Å². The molecule has 0 bridgehead atoms. The van der Waals surface area contributed by atoms with E-state index in [0.717, 1.165) is 23.3 Å². The molecular weight excluding hydrogens is 392 g/mol. The summed E-state index contributed by atoms with van der Waals surface area (Å²) in [6.45, 7) is 3.94. The lowest BCUT2D eigenvalue weighted by atomic mass is 10.1. The first-order valence-electron chi connectivity index (χ1n) is 9.99. The quantitative estimate of drug-likeness (QED) is 0.508. The fraction of sp³-hybridized carbons (Fsp3) is 0.200. The molecule has 0 aliphatic rings. The molecule has 0 spiro atoms. The van der Waals surface area contributed by atoms with Crippen molar-refractivity contribution < 1.29 is 9.59 Å². The monoisotopic (exact) mass is 418 g/mol. The first-order valence-corrected chi connectivity index (χ1v) is 10.9. The summed E-state index contributed by atoms with van der Waals surface area (Å²) in [5.41, 5.74) is 3.07. The van der Waals surface area contributed by atoms with Crippen molar-refractivity contribution in [2.24, 2.45) is 0 Å². The van der Waals surface area contributed by atoms with Crippen LogP contribution in [0.4, 0.5) is 0 Å². The second-order valence-corrected chi connectivity index (χ2v) is 8.27. The van der Waals surface area contributed by atoms with Crippen molar-refractivity contribution in [2.45, 2.75) is 32.7 Å². The summed E-state index contributed by atoms with van der Waals surface area (Å²) in [6.07, 6.45) is 3.41. The summed E-state index contributed by atoms with van der Waals surface area (Å²) in [5, 5.41) is 7.73. The van der Waals surface area contributed by atoms with Crippen LogP contribution in [0.2, 0.25) is 0 Å². The van der Waals surface area contributed by atoms with Gasteiger partial charge in [-0.15, -0.1) is 11.3 Å². The number of rotatable bonds is 8. The zero-order chi connectivity index (χ0) is 21.3. The lowest BCUT2D eigenvalue weighted by Crippen LogP contribution is -2.39. The smallest absolute Gasteiger partial charge is 0.268 e. The third-order valence-electron chi connectivity index (χ3n) is 4.72. The number of amides is 2. The van der Waals surface area contributed by atoms with Crippen molar-refractivity contribution in [3.05, 3.63) is 99.4 Å². The Morgan fingerprint density at radius 1 is 1.00 bits per heavy atom. The summed E-state index contributed by atoms with van der Waals surface area (Å²) in [4.78, 5) is 26.5. The largest absolute Gasteiger partial charge is 0.348 e. The Labute approximate surface area is 181 Å². The Morgan fingerprint density at radius 3 is 2.40 bits per heavy atom. The molecule has 2 N–H and O–H groups in total. The van der Waals surface area contributed by atoms with Gasteiger partial charge in [0, 0.05) is 16.5 Å². The maximum Gasteiger partial charge on any atom is 0.268 e. The summed E-state index contributed by atoms with van der Waals surface area (Å²) in [5.74, 6) is -0.589. The maximum atomic E-state index is 12.9. The molecule has 1 aromatic heterocycles. The van der Waals surface area contributed by atoms with E-state index in [4.69, 9.17) is 0 Å². The molecule has 1 heterocycles. The number of benzene rings is 2. The Hall–Kier alpha value is -3.18. The van der Waals surface area contributed by atoms with E-state index >= 15 is 0 Å². The second kappa shape index (κ2) is 10.6. The van der Waals surface area contributed by atoms with Crippen LogP contribution in [0.5, 0.6) is 0 Å². The van der Waals surface area contributed by atoms with E-state index in [-0.39, 0.29) is 23.6 Å². The summed E-state index contributed by atoms with van der Waals surface area (Å²) in [7, 11) is 0. The van der Waals surface area contributed by atoms with Gasteiger partial charge in [0.15, 0.2) is 0 Å². The second-order valence-electron chi connectivity index (χ2n) is 7.29. The van der Waals surface area contributed by atoms with Crippen molar-refractivity contribution in [1.82, 2.24) is 10.6 Å². The van der Waals surface area contributed by atoms with Crippen molar-refractivity contribution >= 4 is 29.2 Å². The Bertz CT molecular complexity index is 993. The number of nitrogens with one attached hydrogen (secondary N) is 2. The molecule has 0 saturated carbocycles. The summed E-state index contributed by atoms with van der Waals surface area (Å²) >= 11 is 1.51. The molecule has 30 heavy (non-hydrogen) atoms. The highest BCUT2D eigenvalue weighted by atomic mass is 32.1. The van der Waals surface area contributed by atoms with E-state index in [0.29, 0.717) is 5.56 Å². The molecule has 1 unspecified atom stereocenters. The van der Waals surface area contributed by atoms with E-state index in [1.807, 2.05) is 61.7 Å². The molecule has 2 amide bonds. The predicted molar refractivity (Wildman–Crippen MR) is 123 cm³/mol. The van der Waals surface area contributed by atoms with Crippen LogP contribution < -0.4 is 10.6 Å². The average Bonchev–Trinajstić information content (AvgIpc) is 3.26. The normalized spacial score (nSPS) is 12.3. The number of carbonyl (C=O) groups excluding carboxylic acids is 2. The SMILES string of the molecule is Cc1ccc(C(=O)N/C(=C\c2cccs2)C(=O)NC(C)CCc2ccccc2)cc1. The van der Waals surface area contributed by atoms with Gasteiger partial charge >= 0.3 is 0 Å². The number of carbonyl (C=O) groups is 2. The van der Waals surface area contributed by atoms with Gasteiger partial charge < -0.3 is 10.6 Å². The highest BCUT2D eigenvalue weighted by Gasteiger charge is 2.17.